The summed E-state index contributed by atoms with van der Waals surface area (Å²) in [5.74, 6) is 4.84. The van der Waals surface area contributed by atoms with Gasteiger partial charge in [0.05, 0.1) is 7.11 Å². The Balaban J connectivity index is 1.73. The van der Waals surface area contributed by atoms with Crippen molar-refractivity contribution in [3.8, 4) is 5.75 Å². The van der Waals surface area contributed by atoms with Crippen LogP contribution in [0, 0.1) is 0 Å². The van der Waals surface area contributed by atoms with E-state index in [9.17, 15) is 0 Å². The minimum atomic E-state index is 0.777. The van der Waals surface area contributed by atoms with Crippen LogP contribution >= 0.6 is 23.5 Å². The Hall–Kier alpha value is -0.320. The third-order valence-electron chi connectivity index (χ3n) is 2.72. The maximum absolute atomic E-state index is 5.22. The first-order valence-electron chi connectivity index (χ1n) is 5.91. The molecule has 1 N–H and O–H groups in total. The summed E-state index contributed by atoms with van der Waals surface area (Å²) in [4.78, 5) is 0. The quantitative estimate of drug-likeness (QED) is 0.887. The van der Waals surface area contributed by atoms with E-state index in [1.807, 2.05) is 12.1 Å². The van der Waals surface area contributed by atoms with E-state index in [1.165, 1.54) is 22.8 Å². The van der Waals surface area contributed by atoms with Crippen LogP contribution in [0.3, 0.4) is 0 Å². The fourth-order valence-corrected chi connectivity index (χ4v) is 4.46. The van der Waals surface area contributed by atoms with Crippen LogP contribution < -0.4 is 10.1 Å². The maximum atomic E-state index is 5.22. The highest BCUT2D eigenvalue weighted by Gasteiger charge is 2.13. The molecule has 2 nitrogen and oxygen atoms in total. The van der Waals surface area contributed by atoms with Crippen LogP contribution in [0.1, 0.15) is 5.56 Å². The normalized spacial score (nSPS) is 20.2. The van der Waals surface area contributed by atoms with Crippen LogP contribution in [0.25, 0.3) is 0 Å². The Morgan fingerprint density at radius 1 is 1.41 bits per heavy atom. The summed E-state index contributed by atoms with van der Waals surface area (Å²) in [7, 11) is 1.71. The molecule has 1 aliphatic heterocycles. The summed E-state index contributed by atoms with van der Waals surface area (Å²) >= 11 is 4.17. The molecule has 1 atom stereocenters. The second kappa shape index (κ2) is 7.19. The second-order valence-electron chi connectivity index (χ2n) is 4.05. The molecule has 0 aliphatic carbocycles. The van der Waals surface area contributed by atoms with Crippen LogP contribution in [0.2, 0.25) is 0 Å². The molecule has 94 valence electrons. The van der Waals surface area contributed by atoms with Crippen molar-refractivity contribution in [3.05, 3.63) is 29.8 Å². The van der Waals surface area contributed by atoms with Gasteiger partial charge in [-0.2, -0.15) is 23.5 Å². The van der Waals surface area contributed by atoms with Crippen molar-refractivity contribution in [3.63, 3.8) is 0 Å². The topological polar surface area (TPSA) is 21.3 Å². The summed E-state index contributed by atoms with van der Waals surface area (Å²) in [6.07, 6.45) is 0. The fraction of sp³-hybridized carbons (Fsp3) is 0.538. The van der Waals surface area contributed by atoms with Crippen molar-refractivity contribution in [1.82, 2.24) is 5.32 Å². The predicted molar refractivity (Wildman–Crippen MR) is 78.3 cm³/mol. The molecule has 1 aliphatic rings. The zero-order valence-corrected chi connectivity index (χ0v) is 11.8. The molecule has 1 unspecified atom stereocenters. The van der Waals surface area contributed by atoms with Gasteiger partial charge in [-0.1, -0.05) is 12.1 Å². The average Bonchev–Trinajstić information content (AvgIpc) is 2.40. The van der Waals surface area contributed by atoms with Crippen molar-refractivity contribution < 1.29 is 4.74 Å². The molecule has 0 aromatic heterocycles. The van der Waals surface area contributed by atoms with Gasteiger partial charge in [0, 0.05) is 35.6 Å². The van der Waals surface area contributed by atoms with Crippen molar-refractivity contribution in [2.75, 3.05) is 30.9 Å². The average molecular weight is 269 g/mol. The Labute approximate surface area is 112 Å². The lowest BCUT2D eigenvalue weighted by Gasteiger charge is -2.21. The molecule has 0 radical (unpaired) electrons. The van der Waals surface area contributed by atoms with Gasteiger partial charge in [0.2, 0.25) is 0 Å². The highest BCUT2D eigenvalue weighted by atomic mass is 32.2. The Morgan fingerprint density at radius 2 is 2.35 bits per heavy atom. The Morgan fingerprint density at radius 3 is 3.12 bits per heavy atom. The van der Waals surface area contributed by atoms with Gasteiger partial charge in [-0.05, 0) is 17.7 Å². The van der Waals surface area contributed by atoms with Crippen LogP contribution in [-0.4, -0.2) is 36.2 Å². The van der Waals surface area contributed by atoms with E-state index in [-0.39, 0.29) is 0 Å². The predicted octanol–water partition coefficient (Wildman–Crippen LogP) is 2.63. The molecule has 2 rings (SSSR count). The number of thioether (sulfide) groups is 2. The van der Waals surface area contributed by atoms with Crippen LogP contribution in [0.5, 0.6) is 5.75 Å². The van der Waals surface area contributed by atoms with E-state index in [2.05, 4.69) is 41.0 Å². The molecule has 0 bridgehead atoms. The van der Waals surface area contributed by atoms with E-state index >= 15 is 0 Å². The second-order valence-corrected chi connectivity index (χ2v) is 6.61. The molecule has 1 aromatic rings. The summed E-state index contributed by atoms with van der Waals surface area (Å²) in [6.45, 7) is 2.04. The van der Waals surface area contributed by atoms with Gasteiger partial charge in [-0.3, -0.25) is 0 Å². The smallest absolute Gasteiger partial charge is 0.119 e. The van der Waals surface area contributed by atoms with Gasteiger partial charge in [0.25, 0.3) is 0 Å². The molecular formula is C13H19NOS2. The van der Waals surface area contributed by atoms with Crippen LogP contribution in [-0.2, 0) is 6.54 Å². The minimum Gasteiger partial charge on any atom is -0.497 e. The van der Waals surface area contributed by atoms with E-state index in [4.69, 9.17) is 4.74 Å². The molecular weight excluding hydrogens is 250 g/mol. The van der Waals surface area contributed by atoms with Crippen molar-refractivity contribution >= 4 is 23.5 Å². The molecule has 1 aromatic carbocycles. The molecule has 17 heavy (non-hydrogen) atoms. The van der Waals surface area contributed by atoms with Gasteiger partial charge in [0.15, 0.2) is 0 Å². The Kier molecular flexibility index (Phi) is 5.55. The molecule has 0 amide bonds. The van der Waals surface area contributed by atoms with Gasteiger partial charge in [0.1, 0.15) is 5.75 Å². The number of benzene rings is 1. The minimum absolute atomic E-state index is 0.777. The first kappa shape index (κ1) is 13.1. The van der Waals surface area contributed by atoms with Gasteiger partial charge in [-0.25, -0.2) is 0 Å². The summed E-state index contributed by atoms with van der Waals surface area (Å²) < 4.78 is 5.22. The van der Waals surface area contributed by atoms with E-state index < -0.39 is 0 Å². The summed E-state index contributed by atoms with van der Waals surface area (Å²) in [6, 6.07) is 8.26. The monoisotopic (exact) mass is 269 g/mol. The van der Waals surface area contributed by atoms with Gasteiger partial charge < -0.3 is 10.1 Å². The fourth-order valence-electron chi connectivity index (χ4n) is 1.81. The summed E-state index contributed by atoms with van der Waals surface area (Å²) in [5, 5.41) is 4.31. The SMILES string of the molecule is COc1cccc(CNCC2CSCCS2)c1. The van der Waals surface area contributed by atoms with Crippen LogP contribution in [0.15, 0.2) is 24.3 Å². The third kappa shape index (κ3) is 4.45. The highest BCUT2D eigenvalue weighted by molar-refractivity contribution is 8.06. The molecule has 1 heterocycles. The first-order valence-corrected chi connectivity index (χ1v) is 8.12. The molecule has 1 saturated heterocycles. The number of methoxy groups -OCH3 is 1. The lowest BCUT2D eigenvalue weighted by molar-refractivity contribution is 0.414. The molecule has 1 fully saturated rings. The van der Waals surface area contributed by atoms with Crippen molar-refractivity contribution in [2.24, 2.45) is 0 Å². The maximum Gasteiger partial charge on any atom is 0.119 e. The van der Waals surface area contributed by atoms with Crippen molar-refractivity contribution in [1.29, 1.82) is 0 Å². The van der Waals surface area contributed by atoms with Gasteiger partial charge >= 0.3 is 0 Å². The lowest BCUT2D eigenvalue weighted by atomic mass is 10.2. The van der Waals surface area contributed by atoms with Crippen LogP contribution in [0.4, 0.5) is 0 Å². The molecule has 0 saturated carbocycles. The number of ether oxygens (including phenoxy) is 1. The summed E-state index contributed by atoms with van der Waals surface area (Å²) in [5.41, 5.74) is 1.29. The number of hydrogen-bond donors (Lipinski definition) is 1. The first-order chi connectivity index (χ1) is 8.38. The lowest BCUT2D eigenvalue weighted by Crippen LogP contribution is -2.28. The van der Waals surface area contributed by atoms with E-state index in [0.29, 0.717) is 0 Å². The van der Waals surface area contributed by atoms with E-state index in [1.54, 1.807) is 7.11 Å². The number of nitrogens with one attached hydrogen (secondary N) is 1. The van der Waals surface area contributed by atoms with E-state index in [0.717, 1.165) is 24.1 Å². The highest BCUT2D eigenvalue weighted by Crippen LogP contribution is 2.23. The third-order valence-corrected chi connectivity index (χ3v) is 5.57. The zero-order chi connectivity index (χ0) is 11.9. The number of rotatable bonds is 5. The largest absolute Gasteiger partial charge is 0.497 e. The standard InChI is InChI=1S/C13H19NOS2/c1-15-12-4-2-3-11(7-12)8-14-9-13-10-16-5-6-17-13/h2-4,7,13-14H,5-6,8-10H2,1H3. The zero-order valence-electron chi connectivity index (χ0n) is 10.1. The van der Waals surface area contributed by atoms with Crippen molar-refractivity contribution in [2.45, 2.75) is 11.8 Å². The van der Waals surface area contributed by atoms with Gasteiger partial charge in [-0.15, -0.1) is 0 Å². The number of hydrogen-bond acceptors (Lipinski definition) is 4. The molecule has 4 heteroatoms. The Bertz CT molecular complexity index is 340. The molecule has 0 spiro atoms.